The van der Waals surface area contributed by atoms with Gasteiger partial charge in [-0.2, -0.15) is 5.26 Å². The summed E-state index contributed by atoms with van der Waals surface area (Å²) in [7, 11) is 0. The average Bonchev–Trinajstić information content (AvgIpc) is 2.62. The normalized spacial score (nSPS) is 29.4. The van der Waals surface area contributed by atoms with Gasteiger partial charge in [0.2, 0.25) is 0 Å². The second-order valence-electron chi connectivity index (χ2n) is 8.27. The molecular weight excluding hydrogens is 278 g/mol. The topological polar surface area (TPSA) is 23.8 Å². The number of rotatable bonds is 7. The lowest BCUT2D eigenvalue weighted by atomic mass is 9.51. The largest absolute Gasteiger partial charge is 0.192 e. The number of benzene rings is 1. The first-order valence-electron chi connectivity index (χ1n) is 9.68. The molecule has 3 saturated carbocycles. The van der Waals surface area contributed by atoms with Crippen molar-refractivity contribution in [3.05, 3.63) is 35.4 Å². The zero-order valence-corrected chi connectivity index (χ0v) is 14.7. The summed E-state index contributed by atoms with van der Waals surface area (Å²) in [5.41, 5.74) is 3.55. The molecule has 1 nitrogen and oxygen atoms in total. The summed E-state index contributed by atoms with van der Waals surface area (Å²) in [6, 6.07) is 10.4. The van der Waals surface area contributed by atoms with Crippen LogP contribution in [0.15, 0.2) is 24.3 Å². The highest BCUT2D eigenvalue weighted by Gasteiger charge is 2.47. The molecule has 2 bridgehead atoms. The zero-order chi connectivity index (χ0) is 16.2. The standard InChI is InChI=1S/C22H31N/c1-2-3-4-10-21-12-15-22(16-13-21,17-14-21)11-9-19-5-7-20(18-23)8-6-19/h5-8H,2-4,9-17H2,1H3. The Kier molecular flexibility index (Phi) is 5.10. The average molecular weight is 309 g/mol. The quantitative estimate of drug-likeness (QED) is 0.534. The number of nitrogens with zero attached hydrogens (tertiary/aromatic N) is 1. The van der Waals surface area contributed by atoms with Gasteiger partial charge in [-0.05, 0) is 86.3 Å². The Balaban J connectivity index is 1.52. The van der Waals surface area contributed by atoms with Gasteiger partial charge in [0, 0.05) is 0 Å². The lowest BCUT2D eigenvalue weighted by Crippen LogP contribution is -2.41. The minimum Gasteiger partial charge on any atom is -0.192 e. The summed E-state index contributed by atoms with van der Waals surface area (Å²) < 4.78 is 0. The van der Waals surface area contributed by atoms with Gasteiger partial charge in [0.05, 0.1) is 11.6 Å². The van der Waals surface area contributed by atoms with Crippen LogP contribution in [0.3, 0.4) is 0 Å². The van der Waals surface area contributed by atoms with Gasteiger partial charge in [-0.3, -0.25) is 0 Å². The van der Waals surface area contributed by atoms with E-state index >= 15 is 0 Å². The lowest BCUT2D eigenvalue weighted by molar-refractivity contribution is -0.0204. The second kappa shape index (κ2) is 7.08. The molecule has 0 unspecified atom stereocenters. The summed E-state index contributed by atoms with van der Waals surface area (Å²) in [4.78, 5) is 0. The summed E-state index contributed by atoms with van der Waals surface area (Å²) in [5, 5.41) is 8.90. The van der Waals surface area contributed by atoms with Crippen molar-refractivity contribution in [1.29, 1.82) is 5.26 Å². The molecule has 3 aliphatic rings. The van der Waals surface area contributed by atoms with Crippen LogP contribution >= 0.6 is 0 Å². The first-order chi connectivity index (χ1) is 11.2. The third-order valence-corrected chi connectivity index (χ3v) is 6.89. The van der Waals surface area contributed by atoms with Gasteiger partial charge in [-0.15, -0.1) is 0 Å². The highest BCUT2D eigenvalue weighted by atomic mass is 14.5. The molecule has 1 heteroatoms. The molecule has 0 aromatic heterocycles. The molecule has 1 aromatic rings. The summed E-state index contributed by atoms with van der Waals surface area (Å²) in [6.07, 6.45) is 17.1. The second-order valence-corrected chi connectivity index (χ2v) is 8.27. The smallest absolute Gasteiger partial charge is 0.0991 e. The van der Waals surface area contributed by atoms with E-state index < -0.39 is 0 Å². The van der Waals surface area contributed by atoms with Crippen molar-refractivity contribution < 1.29 is 0 Å². The van der Waals surface area contributed by atoms with Gasteiger partial charge >= 0.3 is 0 Å². The minimum atomic E-state index is 0.639. The van der Waals surface area contributed by atoms with E-state index in [2.05, 4.69) is 25.1 Å². The van der Waals surface area contributed by atoms with Gasteiger partial charge in [-0.1, -0.05) is 38.3 Å². The van der Waals surface area contributed by atoms with Crippen LogP contribution in [0.4, 0.5) is 0 Å². The summed E-state index contributed by atoms with van der Waals surface area (Å²) in [6.45, 7) is 2.31. The molecule has 3 fully saturated rings. The molecule has 0 radical (unpaired) electrons. The monoisotopic (exact) mass is 309 g/mol. The molecule has 23 heavy (non-hydrogen) atoms. The lowest BCUT2D eigenvalue weighted by Gasteiger charge is -2.54. The molecule has 124 valence electrons. The van der Waals surface area contributed by atoms with E-state index in [0.29, 0.717) is 5.41 Å². The van der Waals surface area contributed by atoms with Crippen molar-refractivity contribution in [3.63, 3.8) is 0 Å². The molecule has 3 aliphatic carbocycles. The van der Waals surface area contributed by atoms with Crippen LogP contribution in [0.2, 0.25) is 0 Å². The van der Waals surface area contributed by atoms with Gasteiger partial charge < -0.3 is 0 Å². The Bertz CT molecular complexity index is 524. The van der Waals surface area contributed by atoms with E-state index in [0.717, 1.165) is 11.0 Å². The molecule has 0 heterocycles. The first kappa shape index (κ1) is 16.6. The molecule has 0 N–H and O–H groups in total. The van der Waals surface area contributed by atoms with Crippen LogP contribution in [-0.2, 0) is 6.42 Å². The van der Waals surface area contributed by atoms with E-state index in [1.807, 2.05) is 12.1 Å². The molecule has 0 aliphatic heterocycles. The minimum absolute atomic E-state index is 0.639. The fraction of sp³-hybridized carbons (Fsp3) is 0.682. The van der Waals surface area contributed by atoms with E-state index in [1.54, 1.807) is 0 Å². The number of hydrogen-bond acceptors (Lipinski definition) is 1. The zero-order valence-electron chi connectivity index (χ0n) is 14.7. The van der Waals surface area contributed by atoms with E-state index in [4.69, 9.17) is 5.26 Å². The highest BCUT2D eigenvalue weighted by Crippen LogP contribution is 2.60. The third-order valence-electron chi connectivity index (χ3n) is 6.89. The SMILES string of the molecule is CCCCCC12CCC(CCc3ccc(C#N)cc3)(CC1)CC2. The maximum absolute atomic E-state index is 8.90. The van der Waals surface area contributed by atoms with Crippen LogP contribution in [-0.4, -0.2) is 0 Å². The van der Waals surface area contributed by atoms with Crippen LogP contribution in [0.25, 0.3) is 0 Å². The predicted octanol–water partition coefficient (Wildman–Crippen LogP) is 6.41. The number of hydrogen-bond donors (Lipinski definition) is 0. The molecule has 0 amide bonds. The highest BCUT2D eigenvalue weighted by molar-refractivity contribution is 5.31. The predicted molar refractivity (Wildman–Crippen MR) is 96.2 cm³/mol. The molecule has 1 aromatic carbocycles. The van der Waals surface area contributed by atoms with Gasteiger partial charge in [0.25, 0.3) is 0 Å². The van der Waals surface area contributed by atoms with Crippen molar-refractivity contribution in [3.8, 4) is 6.07 Å². The Morgan fingerprint density at radius 3 is 1.96 bits per heavy atom. The Morgan fingerprint density at radius 2 is 1.43 bits per heavy atom. The molecule has 4 rings (SSSR count). The Labute approximate surface area is 142 Å². The third kappa shape index (κ3) is 3.79. The number of nitriles is 1. The summed E-state index contributed by atoms with van der Waals surface area (Å²) >= 11 is 0. The molecule has 0 atom stereocenters. The van der Waals surface area contributed by atoms with E-state index in [-0.39, 0.29) is 0 Å². The van der Waals surface area contributed by atoms with Crippen molar-refractivity contribution in [2.45, 2.75) is 84.0 Å². The van der Waals surface area contributed by atoms with Crippen molar-refractivity contribution >= 4 is 0 Å². The van der Waals surface area contributed by atoms with Gasteiger partial charge in [0.15, 0.2) is 0 Å². The Hall–Kier alpha value is -1.29. The maximum Gasteiger partial charge on any atom is 0.0991 e. The van der Waals surface area contributed by atoms with E-state index in [9.17, 15) is 0 Å². The van der Waals surface area contributed by atoms with Gasteiger partial charge in [0.1, 0.15) is 0 Å². The van der Waals surface area contributed by atoms with Crippen LogP contribution < -0.4 is 0 Å². The van der Waals surface area contributed by atoms with Crippen LogP contribution in [0.1, 0.15) is 88.7 Å². The van der Waals surface area contributed by atoms with E-state index in [1.165, 1.54) is 82.6 Å². The first-order valence-corrected chi connectivity index (χ1v) is 9.68. The fourth-order valence-electron chi connectivity index (χ4n) is 5.00. The summed E-state index contributed by atoms with van der Waals surface area (Å²) in [5.74, 6) is 0. The van der Waals surface area contributed by atoms with Crippen molar-refractivity contribution in [2.24, 2.45) is 10.8 Å². The van der Waals surface area contributed by atoms with Crippen LogP contribution in [0, 0.1) is 22.2 Å². The molecule has 0 spiro atoms. The number of aryl methyl sites for hydroxylation is 1. The molecule has 0 saturated heterocycles. The van der Waals surface area contributed by atoms with Crippen molar-refractivity contribution in [2.75, 3.05) is 0 Å². The van der Waals surface area contributed by atoms with Crippen LogP contribution in [0.5, 0.6) is 0 Å². The van der Waals surface area contributed by atoms with Crippen molar-refractivity contribution in [1.82, 2.24) is 0 Å². The number of fused-ring (bicyclic) bond motifs is 3. The molecular formula is C22H31N. The van der Waals surface area contributed by atoms with Gasteiger partial charge in [-0.25, -0.2) is 0 Å². The maximum atomic E-state index is 8.90. The number of unbranched alkanes of at least 4 members (excludes halogenated alkanes) is 2. The Morgan fingerprint density at radius 1 is 0.870 bits per heavy atom. The fourth-order valence-corrected chi connectivity index (χ4v) is 5.00.